The largest absolute Gasteiger partial charge is 0.416 e. The van der Waals surface area contributed by atoms with Gasteiger partial charge in [-0.2, -0.15) is 13.2 Å². The summed E-state index contributed by atoms with van der Waals surface area (Å²) in [5, 5.41) is 5.02. The van der Waals surface area contributed by atoms with Crippen molar-refractivity contribution in [2.45, 2.75) is 18.0 Å². The summed E-state index contributed by atoms with van der Waals surface area (Å²) in [7, 11) is -1.26. The maximum absolute atomic E-state index is 14.1. The molecule has 0 unspecified atom stereocenters. The molecule has 7 nitrogen and oxygen atoms in total. The van der Waals surface area contributed by atoms with Crippen molar-refractivity contribution in [3.05, 3.63) is 98.6 Å². The molecule has 0 bridgehead atoms. The molecule has 2 amide bonds. The van der Waals surface area contributed by atoms with E-state index in [4.69, 9.17) is 11.6 Å². The molecule has 0 spiro atoms. The number of sulfonamides is 1. The van der Waals surface area contributed by atoms with Gasteiger partial charge in [0.2, 0.25) is 10.0 Å². The first-order chi connectivity index (χ1) is 18.1. The van der Waals surface area contributed by atoms with Crippen LogP contribution in [0.25, 0.3) is 0 Å². The van der Waals surface area contributed by atoms with Crippen molar-refractivity contribution < 1.29 is 40.0 Å². The summed E-state index contributed by atoms with van der Waals surface area (Å²) in [6.45, 7) is 0. The number of hydrogen-bond donors (Lipinski definition) is 2. The van der Waals surface area contributed by atoms with Crippen molar-refractivity contribution in [2.24, 2.45) is 0 Å². The monoisotopic (exact) mass is 587 g/mol. The van der Waals surface area contributed by atoms with Gasteiger partial charge in [-0.3, -0.25) is 9.59 Å². The number of nitrogens with one attached hydrogen (secondary N) is 2. The van der Waals surface area contributed by atoms with E-state index in [2.05, 4.69) is 10.6 Å². The molecule has 3 aromatic carbocycles. The Morgan fingerprint density at radius 1 is 1.05 bits per heavy atom. The van der Waals surface area contributed by atoms with Crippen molar-refractivity contribution >= 4 is 39.1 Å². The van der Waals surface area contributed by atoms with E-state index < -0.39 is 62.6 Å². The van der Waals surface area contributed by atoms with Crippen molar-refractivity contribution in [3.63, 3.8) is 0 Å². The third-order valence-corrected chi connectivity index (χ3v) is 8.11. The summed E-state index contributed by atoms with van der Waals surface area (Å²) < 4.78 is 93.6. The number of rotatable bonds is 6. The number of alkyl halides is 3. The third kappa shape index (κ3) is 5.89. The van der Waals surface area contributed by atoms with Gasteiger partial charge in [0.05, 0.1) is 17.4 Å². The molecule has 0 saturated heterocycles. The topological polar surface area (TPSA) is 95.6 Å². The van der Waals surface area contributed by atoms with Crippen LogP contribution in [0.2, 0.25) is 5.02 Å². The van der Waals surface area contributed by atoms with E-state index in [0.717, 1.165) is 16.4 Å². The normalized spacial score (nSPS) is 15.3. The average molecular weight is 588 g/mol. The number of carbonyl (C=O) groups excluding carboxylic acids is 2. The van der Waals surface area contributed by atoms with Crippen molar-refractivity contribution in [3.8, 4) is 0 Å². The highest BCUT2D eigenvalue weighted by molar-refractivity contribution is 7.88. The Morgan fingerprint density at radius 3 is 2.38 bits per heavy atom. The summed E-state index contributed by atoms with van der Waals surface area (Å²) in [6.07, 6.45) is -4.94. The number of amides is 2. The van der Waals surface area contributed by atoms with E-state index in [0.29, 0.717) is 12.1 Å². The Labute approximate surface area is 224 Å². The lowest BCUT2D eigenvalue weighted by molar-refractivity contribution is -0.137. The molecule has 2 N–H and O–H groups in total. The summed E-state index contributed by atoms with van der Waals surface area (Å²) >= 11 is 6.24. The van der Waals surface area contributed by atoms with Gasteiger partial charge in [0.15, 0.2) is 0 Å². The van der Waals surface area contributed by atoms with Crippen LogP contribution in [-0.4, -0.2) is 38.6 Å². The molecule has 1 aliphatic heterocycles. The molecule has 1 heterocycles. The lowest BCUT2D eigenvalue weighted by atomic mass is 9.94. The predicted molar refractivity (Wildman–Crippen MR) is 133 cm³/mol. The van der Waals surface area contributed by atoms with Crippen LogP contribution in [0, 0.1) is 11.6 Å². The van der Waals surface area contributed by atoms with Crippen molar-refractivity contribution in [1.82, 2.24) is 9.62 Å². The SMILES string of the molecule is CN(C)S(=O)(=O)Cc1cc(NC(=O)c2cc(F)cc(C(F)(F)F)c2)c2c(c1)C(=O)N[C@H]2c1cc(F)ccc1Cl. The van der Waals surface area contributed by atoms with Gasteiger partial charge in [-0.1, -0.05) is 11.6 Å². The van der Waals surface area contributed by atoms with Crippen molar-refractivity contribution in [1.29, 1.82) is 0 Å². The van der Waals surface area contributed by atoms with Gasteiger partial charge < -0.3 is 10.6 Å². The Balaban J connectivity index is 1.87. The first kappa shape index (κ1) is 28.5. The van der Waals surface area contributed by atoms with Crippen LogP contribution in [0.15, 0.2) is 48.5 Å². The molecule has 14 heteroatoms. The van der Waals surface area contributed by atoms with E-state index in [9.17, 15) is 40.0 Å². The standard InChI is InChI=1S/C25H19ClF5N3O4S/c1-34(2)39(37,38)11-12-5-18-21(22(33-24(18)36)17-10-15(27)3-4-19(17)26)20(6-12)32-23(35)13-7-14(25(29,30)31)9-16(28)8-13/h3-10,22H,11H2,1-2H3,(H,32,35)(H,33,36)/t22-/m0/s1. The van der Waals surface area contributed by atoms with Gasteiger partial charge in [-0.25, -0.2) is 21.5 Å². The third-order valence-electron chi connectivity index (χ3n) is 5.96. The maximum atomic E-state index is 14.1. The second-order valence-electron chi connectivity index (χ2n) is 8.90. The minimum Gasteiger partial charge on any atom is -0.341 e. The first-order valence-electron chi connectivity index (χ1n) is 11.1. The van der Waals surface area contributed by atoms with Gasteiger partial charge in [0.1, 0.15) is 11.6 Å². The molecule has 1 atom stereocenters. The number of hydrogen-bond acceptors (Lipinski definition) is 4. The Bertz CT molecular complexity index is 1610. The molecule has 206 valence electrons. The average Bonchev–Trinajstić information content (AvgIpc) is 3.15. The van der Waals surface area contributed by atoms with Crippen LogP contribution >= 0.6 is 11.6 Å². The van der Waals surface area contributed by atoms with Gasteiger partial charge in [-0.05, 0) is 54.1 Å². The van der Waals surface area contributed by atoms with Crippen LogP contribution in [0.5, 0.6) is 0 Å². The number of fused-ring (bicyclic) bond motifs is 1. The van der Waals surface area contributed by atoms with Crippen LogP contribution in [0.3, 0.4) is 0 Å². The zero-order valence-corrected chi connectivity index (χ0v) is 21.7. The number of anilines is 1. The minimum atomic E-state index is -4.94. The fourth-order valence-corrected chi connectivity index (χ4v) is 5.14. The van der Waals surface area contributed by atoms with Gasteiger partial charge >= 0.3 is 6.18 Å². The van der Waals surface area contributed by atoms with Crippen LogP contribution in [0.4, 0.5) is 27.6 Å². The van der Waals surface area contributed by atoms with E-state index in [1.807, 2.05) is 0 Å². The lowest BCUT2D eigenvalue weighted by Gasteiger charge is -2.19. The smallest absolute Gasteiger partial charge is 0.341 e. The van der Waals surface area contributed by atoms with E-state index in [1.54, 1.807) is 0 Å². The molecule has 3 aromatic rings. The van der Waals surface area contributed by atoms with Crippen LogP contribution in [-0.2, 0) is 22.0 Å². The highest BCUT2D eigenvalue weighted by atomic mass is 35.5. The second kappa shape index (κ2) is 10.2. The van der Waals surface area contributed by atoms with E-state index in [1.165, 1.54) is 32.3 Å². The van der Waals surface area contributed by atoms with Gasteiger partial charge in [0.25, 0.3) is 11.8 Å². The zero-order valence-electron chi connectivity index (χ0n) is 20.2. The van der Waals surface area contributed by atoms with Gasteiger partial charge in [0, 0.05) is 47.1 Å². The summed E-state index contributed by atoms with van der Waals surface area (Å²) in [6, 6.07) is 6.05. The van der Waals surface area contributed by atoms with Gasteiger partial charge in [-0.15, -0.1) is 0 Å². The predicted octanol–water partition coefficient (Wildman–Crippen LogP) is 5.11. The van der Waals surface area contributed by atoms with Crippen LogP contribution in [0.1, 0.15) is 49.0 Å². The number of benzene rings is 3. The van der Waals surface area contributed by atoms with E-state index in [-0.39, 0.29) is 39.0 Å². The molecule has 0 aromatic heterocycles. The van der Waals surface area contributed by atoms with Crippen molar-refractivity contribution in [2.75, 3.05) is 19.4 Å². The number of nitrogens with zero attached hydrogens (tertiary/aromatic N) is 1. The molecular weight excluding hydrogens is 569 g/mol. The van der Waals surface area contributed by atoms with Crippen LogP contribution < -0.4 is 10.6 Å². The number of carbonyl (C=O) groups is 2. The van der Waals surface area contributed by atoms with E-state index >= 15 is 0 Å². The maximum Gasteiger partial charge on any atom is 0.416 e. The fourth-order valence-electron chi connectivity index (χ4n) is 4.07. The highest BCUT2D eigenvalue weighted by Crippen LogP contribution is 2.40. The molecule has 1 aliphatic rings. The Hall–Kier alpha value is -3.55. The summed E-state index contributed by atoms with van der Waals surface area (Å²) in [5.41, 5.74) is -2.07. The lowest BCUT2D eigenvalue weighted by Crippen LogP contribution is -2.24. The summed E-state index contributed by atoms with van der Waals surface area (Å²) in [4.78, 5) is 25.9. The first-order valence-corrected chi connectivity index (χ1v) is 13.1. The molecule has 4 rings (SSSR count). The minimum absolute atomic E-state index is 0.0611. The molecule has 0 fully saturated rings. The quantitative estimate of drug-likeness (QED) is 0.392. The number of halogens is 6. The molecule has 39 heavy (non-hydrogen) atoms. The Kier molecular flexibility index (Phi) is 7.45. The zero-order chi connectivity index (χ0) is 28.9. The molecule has 0 radical (unpaired) electrons. The molecule has 0 aliphatic carbocycles. The molecular formula is C25H19ClF5N3O4S. The summed E-state index contributed by atoms with van der Waals surface area (Å²) in [5.74, 6) is -4.45. The second-order valence-corrected chi connectivity index (χ2v) is 11.5. The highest BCUT2D eigenvalue weighted by Gasteiger charge is 2.36. The fraction of sp³-hybridized carbons (Fsp3) is 0.200. The Morgan fingerprint density at radius 2 is 1.74 bits per heavy atom. The molecule has 0 saturated carbocycles.